The molecule has 2 aromatic heterocycles. The summed E-state index contributed by atoms with van der Waals surface area (Å²) in [5.41, 5.74) is 7.85. The fourth-order valence-electron chi connectivity index (χ4n) is 1.97. The van der Waals surface area contributed by atoms with Crippen LogP contribution in [0.25, 0.3) is 10.9 Å². The fourth-order valence-corrected chi connectivity index (χ4v) is 1.97. The first-order valence-corrected chi connectivity index (χ1v) is 5.87. The zero-order chi connectivity index (χ0) is 13.2. The second-order valence-corrected chi connectivity index (χ2v) is 4.31. The lowest BCUT2D eigenvalue weighted by atomic mass is 10.2. The molecule has 19 heavy (non-hydrogen) atoms. The summed E-state index contributed by atoms with van der Waals surface area (Å²) in [7, 11) is 0. The number of nitrogens with zero attached hydrogens (tertiary/aromatic N) is 3. The molecule has 0 saturated carbocycles. The zero-order valence-corrected chi connectivity index (χ0v) is 10.2. The molecule has 0 unspecified atom stereocenters. The van der Waals surface area contributed by atoms with Crippen molar-refractivity contribution < 1.29 is 0 Å². The van der Waals surface area contributed by atoms with Gasteiger partial charge in [-0.3, -0.25) is 14.3 Å². The molecular weight excluding hydrogens is 240 g/mol. The number of aromatic nitrogens is 3. The average Bonchev–Trinajstić information content (AvgIpc) is 2.44. The molecular formula is C14H12N4O. The second kappa shape index (κ2) is 4.53. The molecule has 0 atom stereocenters. The molecule has 3 aromatic rings. The Morgan fingerprint density at radius 1 is 1.16 bits per heavy atom. The molecule has 2 N–H and O–H groups in total. The number of nitrogen functional groups attached to an aromatic ring is 1. The molecule has 1 aromatic carbocycles. The Kier molecular flexibility index (Phi) is 2.72. The molecule has 0 aliphatic rings. The normalized spacial score (nSPS) is 10.7. The molecule has 0 fully saturated rings. The fraction of sp³-hybridized carbons (Fsp3) is 0.0714. The van der Waals surface area contributed by atoms with Crippen LogP contribution in [0.5, 0.6) is 0 Å². The Balaban J connectivity index is 2.10. The van der Waals surface area contributed by atoms with Crippen LogP contribution in [0, 0.1) is 0 Å². The maximum Gasteiger partial charge on any atom is 0.261 e. The van der Waals surface area contributed by atoms with E-state index in [1.807, 2.05) is 12.1 Å². The summed E-state index contributed by atoms with van der Waals surface area (Å²) in [6, 6.07) is 8.89. The first-order valence-electron chi connectivity index (χ1n) is 5.87. The van der Waals surface area contributed by atoms with Crippen molar-refractivity contribution in [1.82, 2.24) is 14.5 Å². The monoisotopic (exact) mass is 252 g/mol. The highest BCUT2D eigenvalue weighted by atomic mass is 16.1. The molecule has 2 heterocycles. The first kappa shape index (κ1) is 11.4. The van der Waals surface area contributed by atoms with Crippen LogP contribution >= 0.6 is 0 Å². The van der Waals surface area contributed by atoms with Gasteiger partial charge in [0.25, 0.3) is 5.56 Å². The van der Waals surface area contributed by atoms with Crippen LogP contribution in [-0.2, 0) is 6.54 Å². The number of pyridine rings is 1. The quantitative estimate of drug-likeness (QED) is 0.700. The molecule has 94 valence electrons. The summed E-state index contributed by atoms with van der Waals surface area (Å²) < 4.78 is 1.57. The van der Waals surface area contributed by atoms with Crippen LogP contribution in [0.4, 0.5) is 5.69 Å². The summed E-state index contributed by atoms with van der Waals surface area (Å²) in [5.74, 6) is 0. The molecule has 0 aliphatic carbocycles. The van der Waals surface area contributed by atoms with Gasteiger partial charge in [-0.25, -0.2) is 4.98 Å². The van der Waals surface area contributed by atoms with Crippen molar-refractivity contribution in [3.63, 3.8) is 0 Å². The number of hydrogen-bond donors (Lipinski definition) is 1. The Morgan fingerprint density at radius 3 is 2.74 bits per heavy atom. The van der Waals surface area contributed by atoms with E-state index in [0.29, 0.717) is 23.1 Å². The van der Waals surface area contributed by atoms with E-state index in [9.17, 15) is 4.79 Å². The van der Waals surface area contributed by atoms with Gasteiger partial charge in [-0.1, -0.05) is 0 Å². The Bertz CT molecular complexity index is 780. The molecule has 0 saturated heterocycles. The minimum absolute atomic E-state index is 0.0888. The average molecular weight is 252 g/mol. The maximum absolute atomic E-state index is 12.3. The molecule has 0 radical (unpaired) electrons. The van der Waals surface area contributed by atoms with Crippen LogP contribution in [0.1, 0.15) is 5.56 Å². The standard InChI is InChI=1S/C14H12N4O/c15-11-1-2-13-12(7-11)14(19)18(9-17-13)8-10-3-5-16-6-4-10/h1-7,9H,8,15H2. The summed E-state index contributed by atoms with van der Waals surface area (Å²) in [6.45, 7) is 0.471. The van der Waals surface area contributed by atoms with Gasteiger partial charge in [0.05, 0.1) is 23.8 Å². The predicted octanol–water partition coefficient (Wildman–Crippen LogP) is 1.42. The van der Waals surface area contributed by atoms with Gasteiger partial charge in [-0.15, -0.1) is 0 Å². The topological polar surface area (TPSA) is 73.8 Å². The zero-order valence-electron chi connectivity index (χ0n) is 10.2. The molecule has 0 bridgehead atoms. The lowest BCUT2D eigenvalue weighted by molar-refractivity contribution is 0.747. The third-order valence-electron chi connectivity index (χ3n) is 2.95. The molecule has 0 aliphatic heterocycles. The van der Waals surface area contributed by atoms with Crippen LogP contribution in [0.15, 0.2) is 53.8 Å². The van der Waals surface area contributed by atoms with Crippen molar-refractivity contribution >= 4 is 16.6 Å². The van der Waals surface area contributed by atoms with Crippen LogP contribution in [-0.4, -0.2) is 14.5 Å². The van der Waals surface area contributed by atoms with Crippen LogP contribution < -0.4 is 11.3 Å². The number of hydrogen-bond acceptors (Lipinski definition) is 4. The first-order chi connectivity index (χ1) is 9.24. The summed E-state index contributed by atoms with van der Waals surface area (Å²) in [5, 5.41) is 0.538. The van der Waals surface area contributed by atoms with Gasteiger partial charge in [0, 0.05) is 18.1 Å². The molecule has 0 spiro atoms. The Hall–Kier alpha value is -2.69. The van der Waals surface area contributed by atoms with E-state index in [-0.39, 0.29) is 5.56 Å². The maximum atomic E-state index is 12.3. The van der Waals surface area contributed by atoms with Gasteiger partial charge in [0.15, 0.2) is 0 Å². The molecule has 5 heteroatoms. The number of anilines is 1. The highest BCUT2D eigenvalue weighted by Gasteiger charge is 2.05. The number of fused-ring (bicyclic) bond motifs is 1. The minimum atomic E-state index is -0.0888. The summed E-state index contributed by atoms with van der Waals surface area (Å²) in [6.07, 6.45) is 4.96. The van der Waals surface area contributed by atoms with Crippen LogP contribution in [0.3, 0.4) is 0 Å². The third kappa shape index (κ3) is 2.18. The van der Waals surface area contributed by atoms with Gasteiger partial charge in [0.1, 0.15) is 0 Å². The van der Waals surface area contributed by atoms with Crippen molar-refractivity contribution in [3.05, 3.63) is 65.0 Å². The Morgan fingerprint density at radius 2 is 1.95 bits per heavy atom. The van der Waals surface area contributed by atoms with Crippen molar-refractivity contribution in [2.24, 2.45) is 0 Å². The Labute approximate surface area is 109 Å². The highest BCUT2D eigenvalue weighted by Crippen LogP contribution is 2.11. The van der Waals surface area contributed by atoms with E-state index in [1.165, 1.54) is 0 Å². The second-order valence-electron chi connectivity index (χ2n) is 4.31. The number of benzene rings is 1. The predicted molar refractivity (Wildman–Crippen MR) is 73.8 cm³/mol. The summed E-state index contributed by atoms with van der Waals surface area (Å²) >= 11 is 0. The summed E-state index contributed by atoms with van der Waals surface area (Å²) in [4.78, 5) is 20.6. The van der Waals surface area contributed by atoms with E-state index in [4.69, 9.17) is 5.73 Å². The lowest BCUT2D eigenvalue weighted by Gasteiger charge is -2.06. The van der Waals surface area contributed by atoms with Gasteiger partial charge >= 0.3 is 0 Å². The number of rotatable bonds is 2. The largest absolute Gasteiger partial charge is 0.399 e. The molecule has 0 amide bonds. The van der Waals surface area contributed by atoms with E-state index in [1.54, 1.807) is 41.5 Å². The van der Waals surface area contributed by atoms with Crippen molar-refractivity contribution in [2.45, 2.75) is 6.54 Å². The molecule has 3 rings (SSSR count). The van der Waals surface area contributed by atoms with Gasteiger partial charge < -0.3 is 5.73 Å². The minimum Gasteiger partial charge on any atom is -0.399 e. The van der Waals surface area contributed by atoms with Crippen molar-refractivity contribution in [3.8, 4) is 0 Å². The van der Waals surface area contributed by atoms with Crippen molar-refractivity contribution in [1.29, 1.82) is 0 Å². The van der Waals surface area contributed by atoms with E-state index >= 15 is 0 Å². The SMILES string of the molecule is Nc1ccc2ncn(Cc3ccncc3)c(=O)c2c1. The van der Waals surface area contributed by atoms with Crippen molar-refractivity contribution in [2.75, 3.05) is 5.73 Å². The molecule has 5 nitrogen and oxygen atoms in total. The smallest absolute Gasteiger partial charge is 0.261 e. The van der Waals surface area contributed by atoms with E-state index in [2.05, 4.69) is 9.97 Å². The third-order valence-corrected chi connectivity index (χ3v) is 2.95. The van der Waals surface area contributed by atoms with Gasteiger partial charge in [-0.2, -0.15) is 0 Å². The van der Waals surface area contributed by atoms with E-state index in [0.717, 1.165) is 5.56 Å². The highest BCUT2D eigenvalue weighted by molar-refractivity contribution is 5.80. The van der Waals surface area contributed by atoms with E-state index < -0.39 is 0 Å². The van der Waals surface area contributed by atoms with Gasteiger partial charge in [-0.05, 0) is 35.9 Å². The number of nitrogens with two attached hydrogens (primary N) is 1. The van der Waals surface area contributed by atoms with Crippen LogP contribution in [0.2, 0.25) is 0 Å². The lowest BCUT2D eigenvalue weighted by Crippen LogP contribution is -2.21. The van der Waals surface area contributed by atoms with Gasteiger partial charge in [0.2, 0.25) is 0 Å².